The molecule has 0 aliphatic rings. The molecule has 2 atom stereocenters. The molecule has 0 spiro atoms. The maximum Gasteiger partial charge on any atom is 0.00982 e. The van der Waals surface area contributed by atoms with E-state index in [0.29, 0.717) is 6.04 Å². The van der Waals surface area contributed by atoms with E-state index in [1.165, 1.54) is 50.5 Å². The SMILES string of the molecule is C=C(C)CCC(NCCC)C(CC)CCCC. The highest BCUT2D eigenvalue weighted by Crippen LogP contribution is 2.21. The Morgan fingerprint density at radius 2 is 1.82 bits per heavy atom. The number of hydrogen-bond acceptors (Lipinski definition) is 1. The summed E-state index contributed by atoms with van der Waals surface area (Å²) in [5, 5.41) is 3.74. The van der Waals surface area contributed by atoms with Crippen molar-refractivity contribution in [3.05, 3.63) is 12.2 Å². The standard InChI is InChI=1S/C16H33N/c1-6-9-10-15(8-3)16(17-13-7-2)12-11-14(4)5/h15-17H,4,6-13H2,1-3,5H3. The molecular formula is C16H33N. The summed E-state index contributed by atoms with van der Waals surface area (Å²) in [6, 6.07) is 0.697. The Hall–Kier alpha value is -0.300. The van der Waals surface area contributed by atoms with Gasteiger partial charge in [-0.25, -0.2) is 0 Å². The van der Waals surface area contributed by atoms with Crippen LogP contribution in [0, 0.1) is 5.92 Å². The minimum atomic E-state index is 0.697. The van der Waals surface area contributed by atoms with Gasteiger partial charge in [0.25, 0.3) is 0 Å². The third-order valence-electron chi connectivity index (χ3n) is 3.56. The van der Waals surface area contributed by atoms with Gasteiger partial charge in [-0.3, -0.25) is 0 Å². The van der Waals surface area contributed by atoms with Crippen LogP contribution in [0.4, 0.5) is 0 Å². The van der Waals surface area contributed by atoms with Gasteiger partial charge in [0.05, 0.1) is 0 Å². The van der Waals surface area contributed by atoms with Crippen LogP contribution in [0.5, 0.6) is 0 Å². The summed E-state index contributed by atoms with van der Waals surface area (Å²) in [7, 11) is 0. The first-order valence-electron chi connectivity index (χ1n) is 7.53. The van der Waals surface area contributed by atoms with E-state index in [-0.39, 0.29) is 0 Å². The van der Waals surface area contributed by atoms with Crippen molar-refractivity contribution < 1.29 is 0 Å². The Balaban J connectivity index is 4.22. The van der Waals surface area contributed by atoms with Crippen molar-refractivity contribution in [3.8, 4) is 0 Å². The number of allylic oxidation sites excluding steroid dienone is 1. The molecule has 0 saturated heterocycles. The highest BCUT2D eigenvalue weighted by molar-refractivity contribution is 4.90. The molecule has 1 nitrogen and oxygen atoms in total. The molecule has 1 N–H and O–H groups in total. The van der Waals surface area contributed by atoms with E-state index in [1.807, 2.05) is 0 Å². The Morgan fingerprint density at radius 1 is 1.12 bits per heavy atom. The van der Waals surface area contributed by atoms with E-state index in [9.17, 15) is 0 Å². The van der Waals surface area contributed by atoms with Gasteiger partial charge in [-0.15, -0.1) is 6.58 Å². The minimum absolute atomic E-state index is 0.697. The maximum absolute atomic E-state index is 4.03. The van der Waals surface area contributed by atoms with Crippen LogP contribution in [0.25, 0.3) is 0 Å². The zero-order valence-electron chi connectivity index (χ0n) is 12.5. The first kappa shape index (κ1) is 16.7. The predicted octanol–water partition coefficient (Wildman–Crippen LogP) is 4.93. The normalized spacial score (nSPS) is 14.6. The third-order valence-corrected chi connectivity index (χ3v) is 3.56. The molecule has 0 heterocycles. The number of nitrogens with one attached hydrogen (secondary N) is 1. The molecule has 0 bridgehead atoms. The lowest BCUT2D eigenvalue weighted by atomic mass is 9.88. The zero-order chi connectivity index (χ0) is 13.1. The molecule has 0 aliphatic heterocycles. The second-order valence-electron chi connectivity index (χ2n) is 5.37. The fourth-order valence-electron chi connectivity index (χ4n) is 2.39. The molecular weight excluding hydrogens is 206 g/mol. The summed E-state index contributed by atoms with van der Waals surface area (Å²) in [6.07, 6.45) is 9.03. The average molecular weight is 239 g/mol. The molecule has 1 heteroatoms. The molecule has 0 saturated carbocycles. The van der Waals surface area contributed by atoms with Gasteiger partial charge in [-0.05, 0) is 45.1 Å². The van der Waals surface area contributed by atoms with Crippen LogP contribution in [0.2, 0.25) is 0 Å². The van der Waals surface area contributed by atoms with Crippen molar-refractivity contribution in [2.24, 2.45) is 5.92 Å². The van der Waals surface area contributed by atoms with Crippen molar-refractivity contribution in [3.63, 3.8) is 0 Å². The molecule has 0 radical (unpaired) electrons. The van der Waals surface area contributed by atoms with E-state index >= 15 is 0 Å². The van der Waals surface area contributed by atoms with Gasteiger partial charge in [-0.1, -0.05) is 45.6 Å². The lowest BCUT2D eigenvalue weighted by Crippen LogP contribution is -2.36. The molecule has 0 aromatic carbocycles. The summed E-state index contributed by atoms with van der Waals surface area (Å²) in [4.78, 5) is 0. The van der Waals surface area contributed by atoms with E-state index in [0.717, 1.165) is 12.5 Å². The Bertz CT molecular complexity index is 186. The molecule has 0 fully saturated rings. The molecule has 17 heavy (non-hydrogen) atoms. The van der Waals surface area contributed by atoms with E-state index in [1.54, 1.807) is 0 Å². The molecule has 0 aromatic heterocycles. The van der Waals surface area contributed by atoms with Gasteiger partial charge in [0, 0.05) is 6.04 Å². The van der Waals surface area contributed by atoms with Gasteiger partial charge < -0.3 is 5.32 Å². The molecule has 0 amide bonds. The fourth-order valence-corrected chi connectivity index (χ4v) is 2.39. The zero-order valence-corrected chi connectivity index (χ0v) is 12.5. The van der Waals surface area contributed by atoms with Crippen LogP contribution in [-0.2, 0) is 0 Å². The quantitative estimate of drug-likeness (QED) is 0.504. The summed E-state index contributed by atoms with van der Waals surface area (Å²) < 4.78 is 0. The summed E-state index contributed by atoms with van der Waals surface area (Å²) in [6.45, 7) is 14.2. The van der Waals surface area contributed by atoms with Gasteiger partial charge in [-0.2, -0.15) is 0 Å². The van der Waals surface area contributed by atoms with Crippen LogP contribution in [0.15, 0.2) is 12.2 Å². The Labute approximate surface area is 109 Å². The first-order chi connectivity index (χ1) is 8.15. The summed E-state index contributed by atoms with van der Waals surface area (Å²) in [5.74, 6) is 0.848. The van der Waals surface area contributed by atoms with E-state index in [4.69, 9.17) is 0 Å². The first-order valence-corrected chi connectivity index (χ1v) is 7.53. The van der Waals surface area contributed by atoms with Gasteiger partial charge in [0.1, 0.15) is 0 Å². The van der Waals surface area contributed by atoms with Crippen molar-refractivity contribution in [1.29, 1.82) is 0 Å². The highest BCUT2D eigenvalue weighted by atomic mass is 14.9. The fraction of sp³-hybridized carbons (Fsp3) is 0.875. The Morgan fingerprint density at radius 3 is 2.29 bits per heavy atom. The monoisotopic (exact) mass is 239 g/mol. The summed E-state index contributed by atoms with van der Waals surface area (Å²) in [5.41, 5.74) is 1.32. The van der Waals surface area contributed by atoms with Crippen LogP contribution >= 0.6 is 0 Å². The lowest BCUT2D eigenvalue weighted by Gasteiger charge is -2.27. The predicted molar refractivity (Wildman–Crippen MR) is 79.4 cm³/mol. The minimum Gasteiger partial charge on any atom is -0.314 e. The van der Waals surface area contributed by atoms with Crippen molar-refractivity contribution in [1.82, 2.24) is 5.32 Å². The van der Waals surface area contributed by atoms with Gasteiger partial charge >= 0.3 is 0 Å². The second kappa shape index (κ2) is 10.8. The van der Waals surface area contributed by atoms with Crippen LogP contribution < -0.4 is 5.32 Å². The number of hydrogen-bond donors (Lipinski definition) is 1. The number of rotatable bonds is 11. The molecule has 0 aromatic rings. The van der Waals surface area contributed by atoms with E-state index < -0.39 is 0 Å². The van der Waals surface area contributed by atoms with Crippen molar-refractivity contribution in [2.45, 2.75) is 78.7 Å². The molecule has 102 valence electrons. The second-order valence-corrected chi connectivity index (χ2v) is 5.37. The lowest BCUT2D eigenvalue weighted by molar-refractivity contribution is 0.303. The number of unbranched alkanes of at least 4 members (excludes halogenated alkanes) is 1. The summed E-state index contributed by atoms with van der Waals surface area (Å²) >= 11 is 0. The van der Waals surface area contributed by atoms with Gasteiger partial charge in [0.15, 0.2) is 0 Å². The Kier molecular flexibility index (Phi) is 10.6. The molecule has 0 aliphatic carbocycles. The van der Waals surface area contributed by atoms with Crippen molar-refractivity contribution >= 4 is 0 Å². The van der Waals surface area contributed by atoms with E-state index in [2.05, 4.69) is 39.6 Å². The molecule has 0 rings (SSSR count). The van der Waals surface area contributed by atoms with Gasteiger partial charge in [0.2, 0.25) is 0 Å². The maximum atomic E-state index is 4.03. The third kappa shape index (κ3) is 8.43. The topological polar surface area (TPSA) is 12.0 Å². The highest BCUT2D eigenvalue weighted by Gasteiger charge is 2.18. The average Bonchev–Trinajstić information content (AvgIpc) is 2.31. The van der Waals surface area contributed by atoms with Crippen LogP contribution in [0.1, 0.15) is 72.6 Å². The molecule has 2 unspecified atom stereocenters. The smallest absolute Gasteiger partial charge is 0.00982 e. The largest absolute Gasteiger partial charge is 0.314 e. The van der Waals surface area contributed by atoms with Crippen LogP contribution in [-0.4, -0.2) is 12.6 Å². The van der Waals surface area contributed by atoms with Crippen molar-refractivity contribution in [2.75, 3.05) is 6.54 Å². The van der Waals surface area contributed by atoms with Crippen LogP contribution in [0.3, 0.4) is 0 Å².